The number of hydrogen-bond acceptors (Lipinski definition) is 18. The molecule has 3 rings (SSSR count). The minimum Gasteiger partial charge on any atom is -0.394 e. The van der Waals surface area contributed by atoms with E-state index in [4.69, 9.17) is 28.4 Å². The molecule has 0 saturated carbocycles. The molecule has 0 spiro atoms. The van der Waals surface area contributed by atoms with Crippen molar-refractivity contribution in [3.63, 3.8) is 0 Å². The highest BCUT2D eigenvalue weighted by Crippen LogP contribution is 2.33. The van der Waals surface area contributed by atoms with Crippen LogP contribution in [0.5, 0.6) is 0 Å². The summed E-state index contributed by atoms with van der Waals surface area (Å²) < 4.78 is 34.4. The number of rotatable bonds is 61. The van der Waals surface area contributed by atoms with Crippen molar-refractivity contribution in [2.45, 2.75) is 433 Å². The molecule has 3 aliphatic rings. The van der Waals surface area contributed by atoms with Gasteiger partial charge in [-0.15, -0.1) is 0 Å². The van der Waals surface area contributed by atoms with Crippen LogP contribution in [0.1, 0.15) is 328 Å². The Hall–Kier alpha value is -1.21. The van der Waals surface area contributed by atoms with E-state index in [1.165, 1.54) is 250 Å². The van der Waals surface area contributed by atoms with Gasteiger partial charge >= 0.3 is 0 Å². The Balaban J connectivity index is 1.28. The Labute approximate surface area is 557 Å². The highest BCUT2D eigenvalue weighted by molar-refractivity contribution is 5.76. The van der Waals surface area contributed by atoms with Crippen molar-refractivity contribution in [3.05, 3.63) is 0 Å². The van der Waals surface area contributed by atoms with Crippen LogP contribution in [0.3, 0.4) is 0 Å². The molecule has 3 saturated heterocycles. The number of carbonyl (C=O) groups excluding carboxylic acids is 1. The van der Waals surface area contributed by atoms with Gasteiger partial charge in [-0.05, 0) is 12.8 Å². The summed E-state index contributed by atoms with van der Waals surface area (Å²) in [7, 11) is 0. The Morgan fingerprint density at radius 3 is 0.946 bits per heavy atom. The Morgan fingerprint density at radius 2 is 0.620 bits per heavy atom. The van der Waals surface area contributed by atoms with Crippen LogP contribution in [0.2, 0.25) is 0 Å². The number of aliphatic hydroxyl groups excluding tert-OH is 11. The molecular formula is C73H141NO18. The Morgan fingerprint density at radius 1 is 0.348 bits per heavy atom. The molecular weight excluding hydrogens is 1180 g/mol. The van der Waals surface area contributed by atoms with Crippen molar-refractivity contribution < 1.29 is 89.4 Å². The van der Waals surface area contributed by atoms with Crippen molar-refractivity contribution in [2.24, 2.45) is 0 Å². The van der Waals surface area contributed by atoms with Crippen LogP contribution in [0.25, 0.3) is 0 Å². The molecule has 1 amide bonds. The predicted octanol–water partition coefficient (Wildman–Crippen LogP) is 11.5. The molecule has 3 heterocycles. The third kappa shape index (κ3) is 36.6. The van der Waals surface area contributed by atoms with Gasteiger partial charge in [-0.2, -0.15) is 0 Å². The summed E-state index contributed by atoms with van der Waals surface area (Å²) in [4.78, 5) is 13.4. The average molecular weight is 1320 g/mol. The molecule has 17 atom stereocenters. The zero-order chi connectivity index (χ0) is 66.8. The van der Waals surface area contributed by atoms with Crippen LogP contribution >= 0.6 is 0 Å². The lowest BCUT2D eigenvalue weighted by Crippen LogP contribution is -2.66. The fourth-order valence-corrected chi connectivity index (χ4v) is 13.5. The summed E-state index contributed by atoms with van der Waals surface area (Å²) in [5.41, 5.74) is 0. The van der Waals surface area contributed by atoms with Crippen LogP contribution in [0.15, 0.2) is 0 Å². The summed E-state index contributed by atoms with van der Waals surface area (Å²) in [6.45, 7) is 1.82. The number of hydrogen-bond donors (Lipinski definition) is 12. The summed E-state index contributed by atoms with van der Waals surface area (Å²) in [6.07, 6.45) is 35.3. The van der Waals surface area contributed by atoms with Crippen molar-refractivity contribution in [3.8, 4) is 0 Å². The highest BCUT2D eigenvalue weighted by atomic mass is 16.8. The zero-order valence-electron chi connectivity index (χ0n) is 58.1. The lowest BCUT2D eigenvalue weighted by molar-refractivity contribution is -0.379. The van der Waals surface area contributed by atoms with Crippen LogP contribution < -0.4 is 5.32 Å². The zero-order valence-corrected chi connectivity index (χ0v) is 58.1. The SMILES string of the molecule is CCCCCCCCCCCCCCCCCCCCCCCCCCCCCCCCCCCCCCC(=O)NC(COC1OC(CO)C(OC2OC(CO)C(OC3OC(CO)C(O)C(O)C3O)C(O)C2O)C(O)C1O)C(O)CCCCCCCCCCCCC. The molecule has 546 valence electrons. The minimum absolute atomic E-state index is 0.236. The van der Waals surface area contributed by atoms with E-state index in [0.29, 0.717) is 12.8 Å². The fraction of sp³-hybridized carbons (Fsp3) is 0.986. The Kier molecular flexibility index (Phi) is 51.4. The van der Waals surface area contributed by atoms with Gasteiger partial charge in [-0.25, -0.2) is 0 Å². The summed E-state index contributed by atoms with van der Waals surface area (Å²) in [5.74, 6) is -0.236. The number of carbonyl (C=O) groups is 1. The lowest BCUT2D eigenvalue weighted by atomic mass is 9.96. The van der Waals surface area contributed by atoms with Gasteiger partial charge < -0.3 is 89.9 Å². The normalized spacial score (nSPS) is 27.6. The molecule has 0 bridgehead atoms. The lowest BCUT2D eigenvalue weighted by Gasteiger charge is -2.48. The number of amides is 1. The van der Waals surface area contributed by atoms with E-state index in [0.717, 1.165) is 44.9 Å². The quantitative estimate of drug-likeness (QED) is 0.0252. The van der Waals surface area contributed by atoms with E-state index in [1.807, 2.05) is 0 Å². The molecule has 0 aliphatic carbocycles. The molecule has 19 heteroatoms. The third-order valence-corrected chi connectivity index (χ3v) is 19.7. The van der Waals surface area contributed by atoms with E-state index in [1.54, 1.807) is 0 Å². The van der Waals surface area contributed by atoms with E-state index in [9.17, 15) is 61.0 Å². The molecule has 17 unspecified atom stereocenters. The topological polar surface area (TPSA) is 307 Å². The standard InChI is InChI=1S/C73H141NO18/c1-3-5-7-9-11-13-15-16-17-18-19-20-21-22-23-24-25-26-27-28-29-30-31-32-33-34-35-36-37-38-39-41-43-45-47-49-51-61(79)74-56(57(78)50-48-46-44-42-40-14-12-10-8-6-4-2)55-87-71-67(85)64(82)69(59(53-76)89-71)92-73-68(86)65(83)70(60(54-77)90-73)91-72-66(84)63(81)62(80)58(52-75)88-72/h56-60,62-73,75-78,80-86H,3-55H2,1-2H3,(H,74,79). The average Bonchev–Trinajstić information content (AvgIpc) is 0.980. The molecule has 12 N–H and O–H groups in total. The third-order valence-electron chi connectivity index (χ3n) is 19.7. The van der Waals surface area contributed by atoms with Gasteiger partial charge in [0.1, 0.15) is 73.2 Å². The van der Waals surface area contributed by atoms with Crippen molar-refractivity contribution in [2.75, 3.05) is 26.4 Å². The van der Waals surface area contributed by atoms with E-state index >= 15 is 0 Å². The van der Waals surface area contributed by atoms with E-state index in [-0.39, 0.29) is 18.9 Å². The smallest absolute Gasteiger partial charge is 0.220 e. The molecule has 3 aliphatic heterocycles. The maximum atomic E-state index is 13.4. The summed E-state index contributed by atoms with van der Waals surface area (Å²) >= 11 is 0. The molecule has 19 nitrogen and oxygen atoms in total. The molecule has 92 heavy (non-hydrogen) atoms. The molecule has 0 aromatic heterocycles. The Bertz CT molecular complexity index is 1670. The molecule has 0 aromatic carbocycles. The van der Waals surface area contributed by atoms with Crippen LogP contribution in [-0.2, 0) is 33.2 Å². The summed E-state index contributed by atoms with van der Waals surface area (Å²) in [5, 5.41) is 121. The first kappa shape index (κ1) is 85.0. The van der Waals surface area contributed by atoms with Gasteiger partial charge in [-0.1, -0.05) is 309 Å². The number of ether oxygens (including phenoxy) is 6. The second-order valence-electron chi connectivity index (χ2n) is 27.8. The van der Waals surface area contributed by atoms with Crippen molar-refractivity contribution in [1.82, 2.24) is 5.32 Å². The van der Waals surface area contributed by atoms with Gasteiger partial charge in [0, 0.05) is 6.42 Å². The largest absolute Gasteiger partial charge is 0.394 e. The van der Waals surface area contributed by atoms with Gasteiger partial charge in [0.05, 0.1) is 38.6 Å². The second-order valence-corrected chi connectivity index (χ2v) is 27.8. The molecule has 0 radical (unpaired) electrons. The number of nitrogens with one attached hydrogen (secondary N) is 1. The predicted molar refractivity (Wildman–Crippen MR) is 361 cm³/mol. The first-order chi connectivity index (χ1) is 44.8. The maximum absolute atomic E-state index is 13.4. The van der Waals surface area contributed by atoms with Gasteiger partial charge in [0.2, 0.25) is 5.91 Å². The number of aliphatic hydroxyl groups is 11. The van der Waals surface area contributed by atoms with Gasteiger partial charge in [0.25, 0.3) is 0 Å². The van der Waals surface area contributed by atoms with Crippen LogP contribution in [0.4, 0.5) is 0 Å². The maximum Gasteiger partial charge on any atom is 0.220 e. The first-order valence-corrected chi connectivity index (χ1v) is 38.3. The van der Waals surface area contributed by atoms with Crippen molar-refractivity contribution in [1.29, 1.82) is 0 Å². The minimum atomic E-state index is -1.97. The van der Waals surface area contributed by atoms with Gasteiger partial charge in [-0.3, -0.25) is 4.79 Å². The molecule has 0 aromatic rings. The monoisotopic (exact) mass is 1320 g/mol. The summed E-state index contributed by atoms with van der Waals surface area (Å²) in [6, 6.07) is -0.881. The van der Waals surface area contributed by atoms with E-state index < -0.39 is 124 Å². The fourth-order valence-electron chi connectivity index (χ4n) is 13.5. The highest BCUT2D eigenvalue weighted by Gasteiger charge is 2.53. The van der Waals surface area contributed by atoms with Crippen molar-refractivity contribution >= 4 is 5.91 Å². The second kappa shape index (κ2) is 55.6. The van der Waals surface area contributed by atoms with E-state index in [2.05, 4.69) is 19.2 Å². The van der Waals surface area contributed by atoms with Crippen LogP contribution in [-0.4, -0.2) is 193 Å². The molecule has 3 fully saturated rings. The van der Waals surface area contributed by atoms with Crippen LogP contribution in [0, 0.1) is 0 Å². The first-order valence-electron chi connectivity index (χ1n) is 38.3. The van der Waals surface area contributed by atoms with Gasteiger partial charge in [0.15, 0.2) is 18.9 Å². The number of unbranched alkanes of at least 4 members (excludes halogenated alkanes) is 45.